The average Bonchev–Trinajstić information content (AvgIpc) is 3.15. The molecule has 0 aliphatic heterocycles. The van der Waals surface area contributed by atoms with E-state index >= 15 is 0 Å². The fourth-order valence-electron chi connectivity index (χ4n) is 2.60. The van der Waals surface area contributed by atoms with E-state index in [1.54, 1.807) is 0 Å². The highest BCUT2D eigenvalue weighted by atomic mass is 35.5. The Morgan fingerprint density at radius 3 is 2.46 bits per heavy atom. The van der Waals surface area contributed by atoms with Gasteiger partial charge < -0.3 is 15.2 Å². The van der Waals surface area contributed by atoms with Crippen molar-refractivity contribution < 1.29 is 9.84 Å². The van der Waals surface area contributed by atoms with Gasteiger partial charge in [-0.2, -0.15) is 0 Å². The number of aliphatic hydroxyl groups excluding tert-OH is 1. The molecule has 2 N–H and O–H groups in total. The van der Waals surface area contributed by atoms with Crippen LogP contribution in [-0.4, -0.2) is 39.5 Å². The third kappa shape index (κ3) is 6.01. The molecule has 3 rings (SSSR count). The second-order valence-corrected chi connectivity index (χ2v) is 8.16. The quantitative estimate of drug-likeness (QED) is 0.593. The van der Waals surface area contributed by atoms with Gasteiger partial charge in [-0.15, -0.1) is 17.5 Å². The van der Waals surface area contributed by atoms with Gasteiger partial charge in [0.1, 0.15) is 24.2 Å². The Morgan fingerprint density at radius 1 is 1.07 bits per heavy atom. The monoisotopic (exact) mass is 419 g/mol. The van der Waals surface area contributed by atoms with Crippen molar-refractivity contribution in [3.8, 4) is 27.4 Å². The minimum Gasteiger partial charge on any atom is -0.490 e. The van der Waals surface area contributed by atoms with Crippen molar-refractivity contribution in [3.05, 3.63) is 54.6 Å². The number of ether oxygens (including phenoxy) is 1. The van der Waals surface area contributed by atoms with E-state index in [4.69, 9.17) is 4.74 Å². The lowest BCUT2D eigenvalue weighted by Gasteiger charge is -2.23. The Labute approximate surface area is 176 Å². The molecular weight excluding hydrogens is 394 g/mol. The van der Waals surface area contributed by atoms with E-state index in [1.807, 2.05) is 54.6 Å². The predicted octanol–water partition coefficient (Wildman–Crippen LogP) is 4.42. The number of nitrogens with one attached hydrogen (secondary N) is 1. The van der Waals surface area contributed by atoms with Crippen LogP contribution in [0.2, 0.25) is 0 Å². The molecule has 0 aliphatic carbocycles. The molecule has 28 heavy (non-hydrogen) atoms. The van der Waals surface area contributed by atoms with Gasteiger partial charge in [-0.25, -0.2) is 0 Å². The van der Waals surface area contributed by atoms with Crippen molar-refractivity contribution in [2.45, 2.75) is 32.4 Å². The van der Waals surface area contributed by atoms with Crippen molar-refractivity contribution in [1.29, 1.82) is 0 Å². The Hall–Kier alpha value is -1.99. The highest BCUT2D eigenvalue weighted by molar-refractivity contribution is 7.10. The van der Waals surface area contributed by atoms with Crippen LogP contribution < -0.4 is 10.1 Å². The summed E-state index contributed by atoms with van der Waals surface area (Å²) in [5, 5.41) is 17.8. The molecule has 0 radical (unpaired) electrons. The standard InChI is InChI=1S/C21H25N3O2S.ClH/c1-21(2,3)22-13-16(25)14-26-18-12-8-7-11-17(18)20-19(23-24-27-20)15-9-5-4-6-10-15;/h4-12,16,22,25H,13-14H2,1-3H3;1H. The molecule has 5 nitrogen and oxygen atoms in total. The summed E-state index contributed by atoms with van der Waals surface area (Å²) in [6, 6.07) is 17.8. The summed E-state index contributed by atoms with van der Waals surface area (Å²) in [4.78, 5) is 0.958. The van der Waals surface area contributed by atoms with E-state index in [2.05, 4.69) is 35.7 Å². The molecule has 0 saturated heterocycles. The maximum Gasteiger partial charge on any atom is 0.128 e. The van der Waals surface area contributed by atoms with Crippen LogP contribution in [0.1, 0.15) is 20.8 Å². The summed E-state index contributed by atoms with van der Waals surface area (Å²) in [5.41, 5.74) is 2.75. The number of halogens is 1. The first-order valence-corrected chi connectivity index (χ1v) is 9.74. The molecule has 0 bridgehead atoms. The predicted molar refractivity (Wildman–Crippen MR) is 117 cm³/mol. The first-order valence-electron chi connectivity index (χ1n) is 8.97. The molecule has 0 aliphatic rings. The molecule has 7 heteroatoms. The summed E-state index contributed by atoms with van der Waals surface area (Å²) in [7, 11) is 0. The zero-order valence-electron chi connectivity index (χ0n) is 16.3. The number of aliphatic hydroxyl groups is 1. The molecule has 2 aromatic carbocycles. The number of rotatable bonds is 7. The minimum absolute atomic E-state index is 0. The molecule has 1 heterocycles. The molecule has 1 aromatic heterocycles. The Kier molecular flexibility index (Phi) is 7.95. The lowest BCUT2D eigenvalue weighted by Crippen LogP contribution is -2.42. The van der Waals surface area contributed by atoms with Crippen molar-refractivity contribution in [2.24, 2.45) is 0 Å². The summed E-state index contributed by atoms with van der Waals surface area (Å²) in [5.74, 6) is 0.718. The van der Waals surface area contributed by atoms with Crippen molar-refractivity contribution in [3.63, 3.8) is 0 Å². The van der Waals surface area contributed by atoms with E-state index in [-0.39, 0.29) is 24.6 Å². The second kappa shape index (κ2) is 9.98. The van der Waals surface area contributed by atoms with Gasteiger partial charge in [-0.3, -0.25) is 0 Å². The van der Waals surface area contributed by atoms with E-state index in [0.29, 0.717) is 6.54 Å². The Morgan fingerprint density at radius 2 is 1.75 bits per heavy atom. The average molecular weight is 420 g/mol. The van der Waals surface area contributed by atoms with Crippen LogP contribution in [0.5, 0.6) is 5.75 Å². The second-order valence-electron chi connectivity index (χ2n) is 7.41. The van der Waals surface area contributed by atoms with Crippen LogP contribution in [0.15, 0.2) is 54.6 Å². The SMILES string of the molecule is CC(C)(C)NCC(O)COc1ccccc1-c1snnc1-c1ccccc1.Cl. The van der Waals surface area contributed by atoms with Gasteiger partial charge in [0.2, 0.25) is 0 Å². The topological polar surface area (TPSA) is 67.3 Å². The van der Waals surface area contributed by atoms with Crippen LogP contribution in [0, 0.1) is 0 Å². The summed E-state index contributed by atoms with van der Waals surface area (Å²) < 4.78 is 10.1. The highest BCUT2D eigenvalue weighted by Crippen LogP contribution is 2.38. The Bertz CT molecular complexity index is 865. The molecule has 0 saturated carbocycles. The molecule has 3 aromatic rings. The summed E-state index contributed by atoms with van der Waals surface area (Å²) in [6.07, 6.45) is -0.592. The van der Waals surface area contributed by atoms with Crippen LogP contribution >= 0.6 is 23.9 Å². The van der Waals surface area contributed by atoms with Crippen LogP contribution in [0.4, 0.5) is 0 Å². The Balaban J connectivity index is 0.00000280. The number of β-amino-alcohol motifs (C(OH)–C–C–N with tert-alkyl or cyclic N) is 1. The maximum absolute atomic E-state index is 10.2. The van der Waals surface area contributed by atoms with E-state index in [0.717, 1.165) is 27.4 Å². The van der Waals surface area contributed by atoms with Crippen LogP contribution in [0.25, 0.3) is 21.7 Å². The fraction of sp³-hybridized carbons (Fsp3) is 0.333. The number of para-hydroxylation sites is 1. The van der Waals surface area contributed by atoms with Gasteiger partial charge in [-0.1, -0.05) is 47.0 Å². The molecule has 1 atom stereocenters. The highest BCUT2D eigenvalue weighted by Gasteiger charge is 2.17. The number of benzene rings is 2. The summed E-state index contributed by atoms with van der Waals surface area (Å²) in [6.45, 7) is 6.89. The number of nitrogens with zero attached hydrogens (tertiary/aromatic N) is 2. The van der Waals surface area contributed by atoms with Crippen LogP contribution in [-0.2, 0) is 0 Å². The first-order chi connectivity index (χ1) is 12.9. The zero-order valence-corrected chi connectivity index (χ0v) is 17.9. The molecular formula is C21H26ClN3O2S. The third-order valence-electron chi connectivity index (χ3n) is 3.97. The van der Waals surface area contributed by atoms with Crippen molar-refractivity contribution in [1.82, 2.24) is 14.9 Å². The number of aromatic nitrogens is 2. The van der Waals surface area contributed by atoms with Crippen LogP contribution in [0.3, 0.4) is 0 Å². The zero-order chi connectivity index (χ0) is 19.3. The molecule has 150 valence electrons. The maximum atomic E-state index is 10.2. The third-order valence-corrected chi connectivity index (χ3v) is 4.73. The molecule has 1 unspecified atom stereocenters. The van der Waals surface area contributed by atoms with Crippen molar-refractivity contribution in [2.75, 3.05) is 13.2 Å². The van der Waals surface area contributed by atoms with E-state index in [9.17, 15) is 5.11 Å². The van der Waals surface area contributed by atoms with Gasteiger partial charge >= 0.3 is 0 Å². The lowest BCUT2D eigenvalue weighted by atomic mass is 10.1. The fourth-order valence-corrected chi connectivity index (χ4v) is 3.32. The number of hydrogen-bond acceptors (Lipinski definition) is 6. The molecule has 0 spiro atoms. The van der Waals surface area contributed by atoms with Crippen molar-refractivity contribution >= 4 is 23.9 Å². The minimum atomic E-state index is -0.592. The van der Waals surface area contributed by atoms with E-state index in [1.165, 1.54) is 11.5 Å². The largest absolute Gasteiger partial charge is 0.490 e. The van der Waals surface area contributed by atoms with Gasteiger partial charge in [-0.05, 0) is 44.4 Å². The molecule has 0 fully saturated rings. The molecule has 0 amide bonds. The van der Waals surface area contributed by atoms with Gasteiger partial charge in [0.25, 0.3) is 0 Å². The summed E-state index contributed by atoms with van der Waals surface area (Å²) >= 11 is 1.34. The van der Waals surface area contributed by atoms with E-state index < -0.39 is 6.10 Å². The first kappa shape index (κ1) is 22.3. The van der Waals surface area contributed by atoms with Gasteiger partial charge in [0, 0.05) is 23.2 Å². The number of hydrogen-bond donors (Lipinski definition) is 2. The van der Waals surface area contributed by atoms with Gasteiger partial charge in [0.05, 0.1) is 4.88 Å². The lowest BCUT2D eigenvalue weighted by molar-refractivity contribution is 0.100. The normalized spacial score (nSPS) is 12.3. The smallest absolute Gasteiger partial charge is 0.128 e. The van der Waals surface area contributed by atoms with Gasteiger partial charge in [0.15, 0.2) is 0 Å².